The van der Waals surface area contributed by atoms with Gasteiger partial charge in [-0.3, -0.25) is 0 Å². The number of halogens is 3. The summed E-state index contributed by atoms with van der Waals surface area (Å²) in [7, 11) is 4.10. The largest absolute Gasteiger partial charge is 0.490 e. The number of carboxylic acid groups (broad SMARTS) is 1. The quantitative estimate of drug-likeness (QED) is 0.488. The summed E-state index contributed by atoms with van der Waals surface area (Å²) in [5, 5.41) is 15.6. The Hall–Kier alpha value is -3.80. The molecule has 0 bridgehead atoms. The summed E-state index contributed by atoms with van der Waals surface area (Å²) in [4.78, 5) is 20.0. The van der Waals surface area contributed by atoms with E-state index in [1.54, 1.807) is 4.52 Å². The van der Waals surface area contributed by atoms with Crippen LogP contribution in [0.15, 0.2) is 41.1 Å². The van der Waals surface area contributed by atoms with Crippen LogP contribution in [0, 0.1) is 13.8 Å². The molecule has 0 spiro atoms. The van der Waals surface area contributed by atoms with Crippen LogP contribution in [0.3, 0.4) is 0 Å². The Balaban J connectivity index is 0.000000383. The van der Waals surface area contributed by atoms with Gasteiger partial charge in [-0.05, 0) is 45.1 Å². The number of aliphatic carboxylic acids is 1. The maximum Gasteiger partial charge on any atom is 0.490 e. The van der Waals surface area contributed by atoms with E-state index in [0.717, 1.165) is 34.7 Å². The molecule has 12 heteroatoms. The molecule has 0 unspecified atom stereocenters. The summed E-state index contributed by atoms with van der Waals surface area (Å²) in [5.41, 5.74) is 4.84. The Kier molecular flexibility index (Phi) is 6.77. The molecule has 0 radical (unpaired) electrons. The first-order valence-corrected chi connectivity index (χ1v) is 9.66. The first-order chi connectivity index (χ1) is 15.4. The highest BCUT2D eigenvalue weighted by Gasteiger charge is 2.38. The van der Waals surface area contributed by atoms with E-state index in [1.165, 1.54) is 5.56 Å². The van der Waals surface area contributed by atoms with Gasteiger partial charge in [-0.25, -0.2) is 14.3 Å². The minimum atomic E-state index is -5.08. The molecule has 3 aromatic heterocycles. The number of carbonyl (C=O) groups is 1. The van der Waals surface area contributed by atoms with Crippen LogP contribution >= 0.6 is 0 Å². The third-order valence-corrected chi connectivity index (χ3v) is 4.35. The molecule has 0 aliphatic rings. The van der Waals surface area contributed by atoms with Crippen molar-refractivity contribution in [3.63, 3.8) is 0 Å². The van der Waals surface area contributed by atoms with E-state index >= 15 is 0 Å². The van der Waals surface area contributed by atoms with Gasteiger partial charge in [0.05, 0.1) is 5.56 Å². The minimum Gasteiger partial charge on any atom is -0.475 e. The van der Waals surface area contributed by atoms with E-state index in [-0.39, 0.29) is 0 Å². The Morgan fingerprint density at radius 1 is 1.12 bits per heavy atom. The van der Waals surface area contributed by atoms with Gasteiger partial charge in [0.25, 0.3) is 5.89 Å². The first kappa shape index (κ1) is 23.9. The van der Waals surface area contributed by atoms with Crippen LogP contribution in [0.5, 0.6) is 0 Å². The molecule has 0 saturated heterocycles. The van der Waals surface area contributed by atoms with Crippen molar-refractivity contribution in [3.05, 3.63) is 53.5 Å². The molecule has 0 atom stereocenters. The third-order valence-electron chi connectivity index (χ3n) is 4.35. The van der Waals surface area contributed by atoms with Gasteiger partial charge in [-0.1, -0.05) is 29.4 Å². The number of benzene rings is 1. The predicted octanol–water partition coefficient (Wildman–Crippen LogP) is 3.76. The van der Waals surface area contributed by atoms with Gasteiger partial charge >= 0.3 is 12.1 Å². The highest BCUT2D eigenvalue weighted by Crippen LogP contribution is 2.24. The lowest BCUT2D eigenvalue weighted by molar-refractivity contribution is -0.192. The molecular formula is C21H21F3N6O3. The van der Waals surface area contributed by atoms with Gasteiger partial charge in [-0.15, -0.1) is 0 Å². The van der Waals surface area contributed by atoms with Crippen molar-refractivity contribution in [2.75, 3.05) is 14.1 Å². The zero-order valence-electron chi connectivity index (χ0n) is 18.3. The Labute approximate surface area is 186 Å². The standard InChI is InChI=1S/C19H20N6O.C2HF3O2/c1-12-9-16(11-25-18(12)20-13(2)22-25)19-21-17(23-26-19)15-7-5-14(6-8-15)10-24(3)4;3-2(4,5)1(6)7/h5-9,11H,10H2,1-4H3;(H,6,7). The molecule has 174 valence electrons. The lowest BCUT2D eigenvalue weighted by Gasteiger charge is -2.09. The van der Waals surface area contributed by atoms with Crippen LogP contribution in [-0.4, -0.2) is 61.0 Å². The molecule has 33 heavy (non-hydrogen) atoms. The second-order valence-corrected chi connectivity index (χ2v) is 7.50. The summed E-state index contributed by atoms with van der Waals surface area (Å²) in [6.45, 7) is 4.76. The van der Waals surface area contributed by atoms with Crippen molar-refractivity contribution < 1.29 is 27.6 Å². The number of alkyl halides is 3. The van der Waals surface area contributed by atoms with Crippen LogP contribution in [0.4, 0.5) is 13.2 Å². The topological polar surface area (TPSA) is 110 Å². The molecule has 4 aromatic rings. The van der Waals surface area contributed by atoms with Gasteiger partial charge in [0, 0.05) is 18.3 Å². The molecule has 0 aliphatic heterocycles. The molecule has 0 fully saturated rings. The maximum absolute atomic E-state index is 10.6. The summed E-state index contributed by atoms with van der Waals surface area (Å²) < 4.78 is 39.0. The number of aryl methyl sites for hydroxylation is 2. The number of hydrogen-bond donors (Lipinski definition) is 1. The van der Waals surface area contributed by atoms with Crippen molar-refractivity contribution >= 4 is 11.6 Å². The van der Waals surface area contributed by atoms with Crippen LogP contribution in [-0.2, 0) is 11.3 Å². The maximum atomic E-state index is 10.6. The predicted molar refractivity (Wildman–Crippen MR) is 112 cm³/mol. The number of fused-ring (bicyclic) bond motifs is 1. The van der Waals surface area contributed by atoms with Gasteiger partial charge in [0.1, 0.15) is 5.82 Å². The van der Waals surface area contributed by atoms with Crippen LogP contribution in [0.1, 0.15) is 17.0 Å². The lowest BCUT2D eigenvalue weighted by Crippen LogP contribution is -2.21. The zero-order valence-corrected chi connectivity index (χ0v) is 18.3. The second kappa shape index (κ2) is 9.36. The Morgan fingerprint density at radius 3 is 2.33 bits per heavy atom. The summed E-state index contributed by atoms with van der Waals surface area (Å²) >= 11 is 0. The monoisotopic (exact) mass is 462 g/mol. The molecule has 1 aromatic carbocycles. The van der Waals surface area contributed by atoms with Crippen LogP contribution in [0.25, 0.3) is 28.5 Å². The van der Waals surface area contributed by atoms with Gasteiger partial charge in [0.2, 0.25) is 5.82 Å². The average Bonchev–Trinajstić information content (AvgIpc) is 3.34. The van der Waals surface area contributed by atoms with Crippen molar-refractivity contribution in [1.29, 1.82) is 0 Å². The Bertz CT molecular complexity index is 1260. The SMILES string of the molecule is Cc1nc2c(C)cc(-c3nc(-c4ccc(CN(C)C)cc4)no3)cn2n1.O=C(O)C(F)(F)F. The van der Waals surface area contributed by atoms with Crippen molar-refractivity contribution in [2.24, 2.45) is 0 Å². The molecule has 0 saturated carbocycles. The number of carboxylic acids is 1. The van der Waals surface area contributed by atoms with Crippen molar-refractivity contribution in [3.8, 4) is 22.8 Å². The fourth-order valence-electron chi connectivity index (χ4n) is 2.96. The molecule has 3 heterocycles. The fraction of sp³-hybridized carbons (Fsp3) is 0.286. The number of aromatic nitrogens is 5. The molecule has 9 nitrogen and oxygen atoms in total. The van der Waals surface area contributed by atoms with Gasteiger partial charge in [0.15, 0.2) is 5.65 Å². The zero-order chi connectivity index (χ0) is 24.3. The number of pyridine rings is 1. The first-order valence-electron chi connectivity index (χ1n) is 9.66. The molecule has 1 N–H and O–H groups in total. The second-order valence-electron chi connectivity index (χ2n) is 7.50. The minimum absolute atomic E-state index is 0.468. The van der Waals surface area contributed by atoms with E-state index in [2.05, 4.69) is 51.4 Å². The number of hydrogen-bond acceptors (Lipinski definition) is 7. The van der Waals surface area contributed by atoms with Crippen LogP contribution in [0.2, 0.25) is 0 Å². The highest BCUT2D eigenvalue weighted by molar-refractivity contribution is 5.73. The highest BCUT2D eigenvalue weighted by atomic mass is 19.4. The smallest absolute Gasteiger partial charge is 0.475 e. The normalized spacial score (nSPS) is 11.5. The van der Waals surface area contributed by atoms with Crippen molar-refractivity contribution in [1.82, 2.24) is 29.6 Å². The van der Waals surface area contributed by atoms with E-state index in [4.69, 9.17) is 14.4 Å². The molecule has 0 aliphatic carbocycles. The summed E-state index contributed by atoms with van der Waals surface area (Å²) in [6.07, 6.45) is -3.22. The fourth-order valence-corrected chi connectivity index (χ4v) is 2.96. The summed E-state index contributed by atoms with van der Waals surface area (Å²) in [5.74, 6) is -0.985. The van der Waals surface area contributed by atoms with E-state index in [0.29, 0.717) is 11.7 Å². The van der Waals surface area contributed by atoms with Gasteiger partial charge in [-0.2, -0.15) is 23.3 Å². The lowest BCUT2D eigenvalue weighted by atomic mass is 10.1. The van der Waals surface area contributed by atoms with E-state index in [9.17, 15) is 13.2 Å². The average molecular weight is 462 g/mol. The third kappa shape index (κ3) is 5.92. The Morgan fingerprint density at radius 2 is 1.76 bits per heavy atom. The summed E-state index contributed by atoms with van der Waals surface area (Å²) in [6, 6.07) is 10.2. The van der Waals surface area contributed by atoms with Gasteiger partial charge < -0.3 is 14.5 Å². The van der Waals surface area contributed by atoms with E-state index in [1.807, 2.05) is 38.2 Å². The number of nitrogens with zero attached hydrogens (tertiary/aromatic N) is 6. The molecular weight excluding hydrogens is 441 g/mol. The van der Waals surface area contributed by atoms with Crippen LogP contribution < -0.4 is 0 Å². The van der Waals surface area contributed by atoms with Crippen molar-refractivity contribution in [2.45, 2.75) is 26.6 Å². The molecule has 0 amide bonds. The number of rotatable bonds is 4. The molecule has 4 rings (SSSR count). The van der Waals surface area contributed by atoms with E-state index < -0.39 is 12.1 Å².